The van der Waals surface area contributed by atoms with E-state index in [4.69, 9.17) is 0 Å². The summed E-state index contributed by atoms with van der Waals surface area (Å²) in [5.74, 6) is -1.06. The van der Waals surface area contributed by atoms with Crippen LogP contribution in [0.15, 0.2) is 12.7 Å². The van der Waals surface area contributed by atoms with E-state index in [1.807, 2.05) is 0 Å². The van der Waals surface area contributed by atoms with Crippen molar-refractivity contribution < 1.29 is 52.6 Å². The van der Waals surface area contributed by atoms with Crippen LogP contribution in [0.3, 0.4) is 0 Å². The summed E-state index contributed by atoms with van der Waals surface area (Å²) < 4.78 is 28.9. The minimum Gasteiger partial charge on any atom is -1.00 e. The average molecular weight is 204 g/mol. The van der Waals surface area contributed by atoms with E-state index in [-0.39, 0.29) is 37.6 Å². The zero-order chi connectivity index (χ0) is 8.91. The number of hydrogen-bond donors (Lipinski definition) is 0. The molecule has 0 aliphatic carbocycles. The molecule has 0 saturated carbocycles. The van der Waals surface area contributed by atoms with Gasteiger partial charge in [0, 0.05) is 6.08 Å². The summed E-state index contributed by atoms with van der Waals surface area (Å²) in [7, 11) is -4.16. The molecule has 0 aliphatic rings. The van der Waals surface area contributed by atoms with Gasteiger partial charge in [-0.1, -0.05) is 6.58 Å². The Kier molecular flexibility index (Phi) is 8.07. The number of rotatable bonds is 4. The van der Waals surface area contributed by atoms with Crippen LogP contribution in [0, 0.1) is 0 Å². The van der Waals surface area contributed by atoms with Crippen molar-refractivity contribution in [3.8, 4) is 0 Å². The van der Waals surface area contributed by atoms with Crippen molar-refractivity contribution in [3.05, 3.63) is 12.7 Å². The van der Waals surface area contributed by atoms with Gasteiger partial charge in [-0.15, -0.1) is 0 Å². The van der Waals surface area contributed by atoms with Crippen LogP contribution in [0.4, 0.5) is 0 Å². The van der Waals surface area contributed by atoms with E-state index in [1.54, 1.807) is 0 Å². The average Bonchev–Trinajstić information content (AvgIpc) is 1.86. The van der Waals surface area contributed by atoms with Crippen LogP contribution in [0.25, 0.3) is 0 Å². The minimum absolute atomic E-state index is 0. The van der Waals surface area contributed by atoms with Crippen LogP contribution < -0.4 is 29.6 Å². The Morgan fingerprint density at radius 1 is 1.67 bits per heavy atom. The van der Waals surface area contributed by atoms with Crippen molar-refractivity contribution in [1.29, 1.82) is 0 Å². The summed E-state index contributed by atoms with van der Waals surface area (Å²) in [6.45, 7) is 4.39. The first-order chi connectivity index (χ1) is 5.02. The van der Waals surface area contributed by atoms with E-state index in [0.29, 0.717) is 0 Å². The molecule has 7 heteroatoms. The molecular formula is C5H9NaO5S. The van der Waals surface area contributed by atoms with Crippen LogP contribution in [0.2, 0.25) is 0 Å². The molecule has 0 amide bonds. The van der Waals surface area contributed by atoms with Crippen LogP contribution in [0.1, 0.15) is 8.35 Å². The zero-order valence-electron chi connectivity index (χ0n) is 7.94. The van der Waals surface area contributed by atoms with Crippen molar-refractivity contribution in [3.63, 3.8) is 0 Å². The van der Waals surface area contributed by atoms with Gasteiger partial charge in [0.2, 0.25) is 0 Å². The van der Waals surface area contributed by atoms with E-state index in [2.05, 4.69) is 14.9 Å². The fourth-order valence-electron chi connectivity index (χ4n) is 0.303. The molecule has 0 heterocycles. The summed E-state index contributed by atoms with van der Waals surface area (Å²) in [6, 6.07) is 0. The van der Waals surface area contributed by atoms with Crippen LogP contribution >= 0.6 is 0 Å². The maximum atomic E-state index is 10.5. The fourth-order valence-corrected chi connectivity index (χ4v) is 0.909. The molecule has 0 aliphatic heterocycles. The van der Waals surface area contributed by atoms with E-state index in [9.17, 15) is 13.2 Å². The molecule has 0 aromatic carbocycles. The van der Waals surface area contributed by atoms with Crippen molar-refractivity contribution >= 4 is 16.4 Å². The number of carbonyl (C=O) groups excluding carboxylic acids is 1. The predicted molar refractivity (Wildman–Crippen MR) is 37.9 cm³/mol. The maximum Gasteiger partial charge on any atom is 1.00 e. The smallest absolute Gasteiger partial charge is 1.00 e. The van der Waals surface area contributed by atoms with Crippen molar-refractivity contribution in [2.45, 2.75) is 6.92 Å². The Morgan fingerprint density at radius 3 is 2.50 bits per heavy atom. The van der Waals surface area contributed by atoms with Crippen molar-refractivity contribution in [2.75, 3.05) is 6.61 Å². The Bertz CT molecular complexity index is 250. The molecule has 5 nitrogen and oxygen atoms in total. The molecule has 0 spiro atoms. The van der Waals surface area contributed by atoms with Gasteiger partial charge < -0.3 is 5.61 Å². The molecule has 0 aromatic heterocycles. The fraction of sp³-hybridized carbons (Fsp3) is 0.400. The quantitative estimate of drug-likeness (QED) is 0.363. The second-order valence-electron chi connectivity index (χ2n) is 1.42. The number of hydrogen-bond acceptors (Lipinski definition) is 5. The third kappa shape index (κ3) is 6.81. The molecular weight excluding hydrogens is 195 g/mol. The molecule has 0 aromatic rings. The topological polar surface area (TPSA) is 69.7 Å². The van der Waals surface area contributed by atoms with E-state index >= 15 is 0 Å². The standard InChI is InChI=1S/C5H8O5S.Na.H/c1-3-5(6)10-11(7,8)9-4-2;;/h3H,1,4H2,2H3;;/q;+1;-1. The molecule has 0 saturated heterocycles. The first kappa shape index (κ1) is 14.6. The van der Waals surface area contributed by atoms with Gasteiger partial charge in [0.05, 0.1) is 6.61 Å². The SMILES string of the molecule is C=CC(=O)OS(=O)(=O)OCC.[H-].[Na+]. The van der Waals surface area contributed by atoms with Crippen molar-refractivity contribution in [1.82, 2.24) is 0 Å². The third-order valence-electron chi connectivity index (χ3n) is 0.613. The molecule has 0 bridgehead atoms. The number of carbonyl (C=O) groups is 1. The summed E-state index contributed by atoms with van der Waals surface area (Å²) >= 11 is 0. The Labute approximate surface area is 94.8 Å². The van der Waals surface area contributed by atoms with Gasteiger partial charge in [0.1, 0.15) is 0 Å². The van der Waals surface area contributed by atoms with Gasteiger partial charge in [0.25, 0.3) is 0 Å². The maximum absolute atomic E-state index is 10.5. The van der Waals surface area contributed by atoms with Crippen LogP contribution in [-0.2, 0) is 23.6 Å². The molecule has 0 unspecified atom stereocenters. The summed E-state index contributed by atoms with van der Waals surface area (Å²) in [4.78, 5) is 10.3. The molecule has 66 valence electrons. The second kappa shape index (κ2) is 6.62. The van der Waals surface area contributed by atoms with Crippen LogP contribution in [-0.4, -0.2) is 21.0 Å². The first-order valence-corrected chi connectivity index (χ1v) is 4.10. The summed E-state index contributed by atoms with van der Waals surface area (Å²) in [6.07, 6.45) is 0.733. The summed E-state index contributed by atoms with van der Waals surface area (Å²) in [5.41, 5.74) is 0. The largest absolute Gasteiger partial charge is 1.00 e. The molecule has 0 fully saturated rings. The summed E-state index contributed by atoms with van der Waals surface area (Å²) in [5, 5.41) is 0. The first-order valence-electron chi connectivity index (χ1n) is 2.77. The Balaban J connectivity index is -0.000000500. The van der Waals surface area contributed by atoms with E-state index in [0.717, 1.165) is 6.08 Å². The van der Waals surface area contributed by atoms with Gasteiger partial charge in [-0.05, 0) is 6.92 Å². The predicted octanol–water partition coefficient (Wildman–Crippen LogP) is -2.89. The van der Waals surface area contributed by atoms with E-state index in [1.165, 1.54) is 6.92 Å². The second-order valence-corrected chi connectivity index (χ2v) is 2.64. The molecule has 0 rings (SSSR count). The van der Waals surface area contributed by atoms with E-state index < -0.39 is 16.4 Å². The Morgan fingerprint density at radius 2 is 2.17 bits per heavy atom. The van der Waals surface area contributed by atoms with Crippen LogP contribution in [0.5, 0.6) is 0 Å². The zero-order valence-corrected chi connectivity index (χ0v) is 9.76. The molecule has 0 N–H and O–H groups in total. The van der Waals surface area contributed by atoms with Crippen molar-refractivity contribution in [2.24, 2.45) is 0 Å². The van der Waals surface area contributed by atoms with Gasteiger partial charge in [-0.3, -0.25) is 0 Å². The molecule has 0 radical (unpaired) electrons. The van der Waals surface area contributed by atoms with Gasteiger partial charge in [-0.25, -0.2) is 8.98 Å². The Hall–Kier alpha value is 0.120. The van der Waals surface area contributed by atoms with Gasteiger partial charge in [-0.2, -0.15) is 8.42 Å². The third-order valence-corrected chi connectivity index (χ3v) is 1.51. The van der Waals surface area contributed by atoms with Gasteiger partial charge in [0.15, 0.2) is 0 Å². The minimum atomic E-state index is -4.16. The molecule has 12 heavy (non-hydrogen) atoms. The molecule has 0 atom stereocenters. The van der Waals surface area contributed by atoms with Gasteiger partial charge >= 0.3 is 45.9 Å². The monoisotopic (exact) mass is 204 g/mol. The normalized spacial score (nSPS) is 9.75.